The molecule has 0 aromatic heterocycles. The number of hydrogen-bond acceptors (Lipinski definition) is 11. The molecule has 0 saturated carbocycles. The Bertz CT molecular complexity index is 1290. The quantitative estimate of drug-likeness (QED) is 0.325. The molecule has 0 radical (unpaired) electrons. The Morgan fingerprint density at radius 2 is 1.74 bits per heavy atom. The van der Waals surface area contributed by atoms with E-state index in [1.165, 1.54) is 6.92 Å². The Kier molecular flexibility index (Phi) is 13.7. The summed E-state index contributed by atoms with van der Waals surface area (Å²) < 4.78 is 32.1. The predicted octanol–water partition coefficient (Wildman–Crippen LogP) is 4.33. The molecular formula is C39H62N2O9. The number of carbonyl (C=O) groups is 2. The minimum Gasteiger partial charge on any atom is -0.493 e. The maximum absolute atomic E-state index is 14.3. The van der Waals surface area contributed by atoms with E-state index < -0.39 is 59.7 Å². The van der Waals surface area contributed by atoms with Crippen molar-refractivity contribution in [2.24, 2.45) is 17.8 Å². The lowest BCUT2D eigenvalue weighted by atomic mass is 9.78. The van der Waals surface area contributed by atoms with Crippen molar-refractivity contribution in [2.45, 2.75) is 141 Å². The van der Waals surface area contributed by atoms with Gasteiger partial charge in [-0.3, -0.25) is 14.5 Å². The Labute approximate surface area is 299 Å². The molecular weight excluding hydrogens is 640 g/mol. The summed E-state index contributed by atoms with van der Waals surface area (Å²) in [7, 11) is 3.82. The van der Waals surface area contributed by atoms with Crippen molar-refractivity contribution in [3.8, 4) is 0 Å². The minimum atomic E-state index is -1.62. The lowest BCUT2D eigenvalue weighted by molar-refractivity contribution is -0.297. The van der Waals surface area contributed by atoms with Crippen LogP contribution in [0.3, 0.4) is 0 Å². The summed E-state index contributed by atoms with van der Waals surface area (Å²) in [5.74, 6) is -3.13. The summed E-state index contributed by atoms with van der Waals surface area (Å²) >= 11 is 0. The number of carbonyl (C=O) groups excluding carboxylic acids is 2. The number of aliphatic hydroxyl groups is 2. The molecule has 2 bridgehead atoms. The second-order valence-corrected chi connectivity index (χ2v) is 15.6. The highest BCUT2D eigenvalue weighted by atomic mass is 16.7. The first-order chi connectivity index (χ1) is 23.5. The van der Waals surface area contributed by atoms with Crippen molar-refractivity contribution < 1.29 is 43.5 Å². The second-order valence-electron chi connectivity index (χ2n) is 15.6. The van der Waals surface area contributed by atoms with Crippen molar-refractivity contribution in [3.05, 3.63) is 48.2 Å². The molecule has 0 aliphatic carbocycles. The maximum atomic E-state index is 14.3. The zero-order valence-corrected chi connectivity index (χ0v) is 31.8. The van der Waals surface area contributed by atoms with Crippen LogP contribution in [-0.2, 0) is 39.8 Å². The zero-order chi connectivity index (χ0) is 37.0. The van der Waals surface area contributed by atoms with Crippen LogP contribution in [0.2, 0.25) is 0 Å². The van der Waals surface area contributed by atoms with Crippen LogP contribution in [0.4, 0.5) is 0 Å². The van der Waals surface area contributed by atoms with E-state index in [4.69, 9.17) is 23.7 Å². The van der Waals surface area contributed by atoms with Gasteiger partial charge in [-0.05, 0) is 85.5 Å². The monoisotopic (exact) mass is 702 g/mol. The van der Waals surface area contributed by atoms with E-state index in [1.54, 1.807) is 26.2 Å². The van der Waals surface area contributed by atoms with E-state index in [0.29, 0.717) is 32.4 Å². The lowest BCUT2D eigenvalue weighted by Gasteiger charge is -2.47. The van der Waals surface area contributed by atoms with Crippen molar-refractivity contribution in [1.82, 2.24) is 9.80 Å². The summed E-state index contributed by atoms with van der Waals surface area (Å²) in [5, 5.41) is 23.7. The molecule has 1 aromatic rings. The predicted molar refractivity (Wildman–Crippen MR) is 190 cm³/mol. The van der Waals surface area contributed by atoms with Crippen LogP contribution in [0.1, 0.15) is 80.2 Å². The fourth-order valence-corrected chi connectivity index (χ4v) is 8.25. The molecule has 282 valence electrons. The average Bonchev–Trinajstić information content (AvgIpc) is 3.06. The number of esters is 1. The molecule has 50 heavy (non-hydrogen) atoms. The van der Waals surface area contributed by atoms with Crippen LogP contribution in [0, 0.1) is 17.8 Å². The molecule has 2 N–H and O–H groups in total. The topological polar surface area (TPSA) is 127 Å². The van der Waals surface area contributed by atoms with Crippen molar-refractivity contribution in [3.63, 3.8) is 0 Å². The molecule has 1 aromatic carbocycles. The third-order valence-corrected chi connectivity index (χ3v) is 11.1. The average molecular weight is 703 g/mol. The van der Waals surface area contributed by atoms with Gasteiger partial charge in [-0.15, -0.1) is 0 Å². The Balaban J connectivity index is 1.86. The van der Waals surface area contributed by atoms with E-state index in [1.807, 2.05) is 64.9 Å². The SMILES string of the molecule is CC[C@H]1OC(=O)C(C)C(=O)[C@H](C)[C@@H](O[C@@H]2O[C@H](C)C[C@H](N(C)C)[C@H]2O)[C@@]2(C)C[C@@H](C)CN(Cc3ccccc3)[C@H](C)[C@@H](O/C=C/CO2)[C@]1(C)O. The number of ether oxygens (including phenoxy) is 5. The number of hydrogen-bond donors (Lipinski definition) is 2. The standard InChI is InChI=1S/C39H62N2O9/c1-11-31-39(8,45)35-28(6)41(23-29-16-13-12-14-17-29)22-24(2)21-38(7,47-19-15-18-46-35)34(26(4)32(42)27(5)36(44)49-31)50-37-33(43)30(40(9)10)20-25(3)48-37/h12-18,24-28,30-31,33-35,37,43,45H,11,19-23H2,1-10H3/b18-15+/t24-,25-,26+,27?,28-,30+,31-,33-,34-,35-,37+,38-,39-/m1/s1. The van der Waals surface area contributed by atoms with Gasteiger partial charge >= 0.3 is 5.97 Å². The molecule has 11 heteroatoms. The lowest BCUT2D eigenvalue weighted by Crippen LogP contribution is -2.60. The Hall–Kier alpha value is -2.38. The van der Waals surface area contributed by atoms with Crippen LogP contribution in [0.5, 0.6) is 0 Å². The smallest absolute Gasteiger partial charge is 0.316 e. The molecule has 4 heterocycles. The molecule has 0 amide bonds. The fraction of sp³-hybridized carbons (Fsp3) is 0.744. The van der Waals surface area contributed by atoms with Gasteiger partial charge in [0.25, 0.3) is 0 Å². The van der Waals surface area contributed by atoms with Crippen LogP contribution in [-0.4, -0.2) is 119 Å². The van der Waals surface area contributed by atoms with Crippen LogP contribution < -0.4 is 0 Å². The van der Waals surface area contributed by atoms with E-state index in [-0.39, 0.29) is 36.5 Å². The van der Waals surface area contributed by atoms with Gasteiger partial charge in [0, 0.05) is 31.1 Å². The first kappa shape index (κ1) is 40.4. The van der Waals surface area contributed by atoms with Gasteiger partial charge in [0.1, 0.15) is 29.8 Å². The van der Waals surface area contributed by atoms with Crippen LogP contribution >= 0.6 is 0 Å². The molecule has 4 aliphatic heterocycles. The Morgan fingerprint density at radius 1 is 1.06 bits per heavy atom. The molecule has 4 aliphatic rings. The highest BCUT2D eigenvalue weighted by Crippen LogP contribution is 2.38. The molecule has 0 spiro atoms. The molecule has 5 rings (SSSR count). The normalized spacial score (nSPS) is 42.0. The number of fused-ring (bicyclic) bond motifs is 14. The summed E-state index contributed by atoms with van der Waals surface area (Å²) in [6, 6.07) is 9.58. The van der Waals surface area contributed by atoms with Crippen LogP contribution in [0.25, 0.3) is 0 Å². The van der Waals surface area contributed by atoms with Gasteiger partial charge in [0.15, 0.2) is 12.1 Å². The van der Waals surface area contributed by atoms with Gasteiger partial charge in [0.2, 0.25) is 0 Å². The third kappa shape index (κ3) is 9.15. The van der Waals surface area contributed by atoms with E-state index in [2.05, 4.69) is 24.0 Å². The number of benzene rings is 1. The number of Topliss-reactive ketones (excluding diaryl/α,β-unsaturated/α-hetero) is 1. The minimum absolute atomic E-state index is 0.00150. The van der Waals surface area contributed by atoms with Crippen molar-refractivity contribution in [2.75, 3.05) is 27.2 Å². The highest BCUT2D eigenvalue weighted by molar-refractivity contribution is 6.00. The highest BCUT2D eigenvalue weighted by Gasteiger charge is 2.51. The fourth-order valence-electron chi connectivity index (χ4n) is 8.25. The van der Waals surface area contributed by atoms with Gasteiger partial charge in [-0.25, -0.2) is 0 Å². The first-order valence-electron chi connectivity index (χ1n) is 18.3. The first-order valence-corrected chi connectivity index (χ1v) is 18.3. The van der Waals surface area contributed by atoms with E-state index >= 15 is 0 Å². The number of ketones is 1. The van der Waals surface area contributed by atoms with Crippen LogP contribution in [0.15, 0.2) is 42.7 Å². The van der Waals surface area contributed by atoms with Gasteiger partial charge in [0.05, 0.1) is 30.7 Å². The molecule has 11 nitrogen and oxygen atoms in total. The van der Waals surface area contributed by atoms with Crippen molar-refractivity contribution >= 4 is 11.8 Å². The summed E-state index contributed by atoms with van der Waals surface area (Å²) in [6.07, 6.45) is -0.233. The number of nitrogens with zero attached hydrogens (tertiary/aromatic N) is 2. The molecule has 2 saturated heterocycles. The van der Waals surface area contributed by atoms with Crippen molar-refractivity contribution in [1.29, 1.82) is 0 Å². The zero-order valence-electron chi connectivity index (χ0n) is 31.8. The summed E-state index contributed by atoms with van der Waals surface area (Å²) in [5.41, 5.74) is -1.59. The summed E-state index contributed by atoms with van der Waals surface area (Å²) in [6.45, 7) is 16.1. The second kappa shape index (κ2) is 17.0. The molecule has 2 fully saturated rings. The molecule has 13 atom stereocenters. The summed E-state index contributed by atoms with van der Waals surface area (Å²) in [4.78, 5) is 32.3. The molecule has 1 unspecified atom stereocenters. The third-order valence-electron chi connectivity index (χ3n) is 11.1. The van der Waals surface area contributed by atoms with E-state index in [0.717, 1.165) is 5.56 Å². The Morgan fingerprint density at radius 3 is 2.38 bits per heavy atom. The largest absolute Gasteiger partial charge is 0.493 e. The van der Waals surface area contributed by atoms with Gasteiger partial charge < -0.3 is 38.8 Å². The number of aliphatic hydroxyl groups excluding tert-OH is 1. The maximum Gasteiger partial charge on any atom is 0.316 e. The number of likely N-dealkylation sites (N-methyl/N-ethyl adjacent to an activating group) is 1. The van der Waals surface area contributed by atoms with E-state index in [9.17, 15) is 19.8 Å². The van der Waals surface area contributed by atoms with Gasteiger partial charge in [-0.2, -0.15) is 0 Å². The van der Waals surface area contributed by atoms with Gasteiger partial charge in [-0.1, -0.05) is 51.1 Å². The number of rotatable bonds is 6.